The minimum Gasteiger partial charge on any atom is -0.346 e. The molecule has 0 aliphatic heterocycles. The van der Waals surface area contributed by atoms with Crippen LogP contribution in [0.1, 0.15) is 18.7 Å². The standard InChI is InChI=1S/C10H15NO3S/c1-3-13-10(14-4-2)9(12)5-8-6-11-7-15-8/h6-7,10H,3-5H2,1-2H3. The van der Waals surface area contributed by atoms with Crippen molar-refractivity contribution in [2.75, 3.05) is 13.2 Å². The monoisotopic (exact) mass is 229 g/mol. The van der Waals surface area contributed by atoms with E-state index in [-0.39, 0.29) is 5.78 Å². The summed E-state index contributed by atoms with van der Waals surface area (Å²) in [6.45, 7) is 4.62. The Balaban J connectivity index is 2.48. The van der Waals surface area contributed by atoms with Gasteiger partial charge in [0.1, 0.15) is 0 Å². The van der Waals surface area contributed by atoms with Gasteiger partial charge in [-0.1, -0.05) is 0 Å². The number of aromatic nitrogens is 1. The summed E-state index contributed by atoms with van der Waals surface area (Å²) in [6, 6.07) is 0. The van der Waals surface area contributed by atoms with E-state index in [2.05, 4.69) is 4.98 Å². The molecule has 0 saturated heterocycles. The van der Waals surface area contributed by atoms with E-state index in [1.807, 2.05) is 13.8 Å². The van der Waals surface area contributed by atoms with E-state index in [0.717, 1.165) is 4.88 Å². The SMILES string of the molecule is CCOC(OCC)C(=O)Cc1cncs1. The third kappa shape index (κ3) is 4.07. The van der Waals surface area contributed by atoms with Gasteiger partial charge >= 0.3 is 0 Å². The summed E-state index contributed by atoms with van der Waals surface area (Å²) in [7, 11) is 0. The molecule has 0 saturated carbocycles. The summed E-state index contributed by atoms with van der Waals surface area (Å²) in [6.07, 6.45) is 1.29. The van der Waals surface area contributed by atoms with Crippen LogP contribution in [-0.2, 0) is 20.7 Å². The molecule has 1 aromatic rings. The maximum Gasteiger partial charge on any atom is 0.218 e. The third-order valence-electron chi connectivity index (χ3n) is 1.73. The van der Waals surface area contributed by atoms with Crippen LogP contribution in [0.3, 0.4) is 0 Å². The van der Waals surface area contributed by atoms with Crippen molar-refractivity contribution in [3.63, 3.8) is 0 Å². The van der Waals surface area contributed by atoms with Crippen LogP contribution in [0, 0.1) is 0 Å². The van der Waals surface area contributed by atoms with Gasteiger partial charge in [-0.2, -0.15) is 0 Å². The molecule has 0 aliphatic rings. The van der Waals surface area contributed by atoms with Gasteiger partial charge in [0.15, 0.2) is 5.78 Å². The molecule has 0 bridgehead atoms. The summed E-state index contributed by atoms with van der Waals surface area (Å²) in [5, 5.41) is 0. The van der Waals surface area contributed by atoms with Gasteiger partial charge < -0.3 is 9.47 Å². The number of ketones is 1. The van der Waals surface area contributed by atoms with Crippen LogP contribution in [0.5, 0.6) is 0 Å². The van der Waals surface area contributed by atoms with Gasteiger partial charge in [-0.15, -0.1) is 11.3 Å². The smallest absolute Gasteiger partial charge is 0.218 e. The van der Waals surface area contributed by atoms with Gasteiger partial charge in [-0.3, -0.25) is 9.78 Å². The van der Waals surface area contributed by atoms with E-state index < -0.39 is 6.29 Å². The molecule has 0 N–H and O–H groups in total. The van der Waals surface area contributed by atoms with Crippen molar-refractivity contribution in [2.24, 2.45) is 0 Å². The highest BCUT2D eigenvalue weighted by Gasteiger charge is 2.19. The average molecular weight is 229 g/mol. The topological polar surface area (TPSA) is 48.4 Å². The van der Waals surface area contributed by atoms with Crippen molar-refractivity contribution < 1.29 is 14.3 Å². The number of hydrogen-bond acceptors (Lipinski definition) is 5. The highest BCUT2D eigenvalue weighted by atomic mass is 32.1. The van der Waals surface area contributed by atoms with E-state index in [1.54, 1.807) is 11.7 Å². The predicted octanol–water partition coefficient (Wildman–Crippen LogP) is 1.65. The van der Waals surface area contributed by atoms with Crippen LogP contribution < -0.4 is 0 Å². The van der Waals surface area contributed by atoms with E-state index in [1.165, 1.54) is 11.3 Å². The van der Waals surface area contributed by atoms with Gasteiger partial charge in [-0.25, -0.2) is 0 Å². The summed E-state index contributed by atoms with van der Waals surface area (Å²) < 4.78 is 10.4. The molecular formula is C10H15NO3S. The largest absolute Gasteiger partial charge is 0.346 e. The molecule has 4 nitrogen and oxygen atoms in total. The predicted molar refractivity (Wildman–Crippen MR) is 57.9 cm³/mol. The van der Waals surface area contributed by atoms with Crippen LogP contribution in [0.25, 0.3) is 0 Å². The lowest BCUT2D eigenvalue weighted by molar-refractivity contribution is -0.167. The van der Waals surface area contributed by atoms with Crippen molar-refractivity contribution in [3.8, 4) is 0 Å². The van der Waals surface area contributed by atoms with Crippen molar-refractivity contribution in [2.45, 2.75) is 26.6 Å². The number of nitrogens with zero attached hydrogens (tertiary/aromatic N) is 1. The molecule has 0 atom stereocenters. The first-order valence-electron chi connectivity index (χ1n) is 4.91. The van der Waals surface area contributed by atoms with Crippen LogP contribution in [0.15, 0.2) is 11.7 Å². The summed E-state index contributed by atoms with van der Waals surface area (Å²) in [5.74, 6) is -0.0528. The van der Waals surface area contributed by atoms with Crippen molar-refractivity contribution in [1.29, 1.82) is 0 Å². The number of hydrogen-bond donors (Lipinski definition) is 0. The first kappa shape index (κ1) is 12.3. The second kappa shape index (κ2) is 6.66. The molecule has 15 heavy (non-hydrogen) atoms. The highest BCUT2D eigenvalue weighted by Crippen LogP contribution is 2.09. The van der Waals surface area contributed by atoms with Crippen molar-refractivity contribution >= 4 is 17.1 Å². The van der Waals surface area contributed by atoms with Crippen molar-refractivity contribution in [3.05, 3.63) is 16.6 Å². The Labute approximate surface area is 93.2 Å². The number of rotatable bonds is 7. The molecule has 0 fully saturated rings. The van der Waals surface area contributed by atoms with Crippen LogP contribution in [-0.4, -0.2) is 30.3 Å². The first-order valence-corrected chi connectivity index (χ1v) is 5.79. The van der Waals surface area contributed by atoms with Gasteiger partial charge in [0.25, 0.3) is 0 Å². The van der Waals surface area contributed by atoms with Crippen LogP contribution in [0.2, 0.25) is 0 Å². The zero-order chi connectivity index (χ0) is 11.1. The number of carbonyl (C=O) groups excluding carboxylic acids is 1. The highest BCUT2D eigenvalue weighted by molar-refractivity contribution is 7.09. The Morgan fingerprint density at radius 2 is 2.13 bits per heavy atom. The average Bonchev–Trinajstić information content (AvgIpc) is 2.70. The minimum absolute atomic E-state index is 0.0528. The minimum atomic E-state index is -0.734. The van der Waals surface area contributed by atoms with Crippen LogP contribution >= 0.6 is 11.3 Å². The fourth-order valence-corrected chi connectivity index (χ4v) is 1.73. The Morgan fingerprint density at radius 1 is 1.47 bits per heavy atom. The molecule has 0 aromatic carbocycles. The lowest BCUT2D eigenvalue weighted by Crippen LogP contribution is -2.28. The van der Waals surface area contributed by atoms with Gasteiger partial charge in [-0.05, 0) is 13.8 Å². The summed E-state index contributed by atoms with van der Waals surface area (Å²) in [4.78, 5) is 16.6. The molecule has 84 valence electrons. The van der Waals surface area contributed by atoms with E-state index in [4.69, 9.17) is 9.47 Å². The fraction of sp³-hybridized carbons (Fsp3) is 0.600. The second-order valence-electron chi connectivity index (χ2n) is 2.85. The Bertz CT molecular complexity index is 281. The number of Topliss-reactive ketones (excluding diaryl/α,β-unsaturated/α-hetero) is 1. The molecule has 1 aromatic heterocycles. The molecule has 0 spiro atoms. The number of ether oxygens (including phenoxy) is 2. The molecule has 0 aliphatic carbocycles. The van der Waals surface area contributed by atoms with Crippen LogP contribution in [0.4, 0.5) is 0 Å². The van der Waals surface area contributed by atoms with Crippen molar-refractivity contribution in [1.82, 2.24) is 4.98 Å². The Hall–Kier alpha value is -0.780. The molecule has 0 unspecified atom stereocenters. The Kier molecular flexibility index (Phi) is 5.45. The quantitative estimate of drug-likeness (QED) is 0.667. The number of carbonyl (C=O) groups is 1. The molecular weight excluding hydrogens is 214 g/mol. The summed E-state index contributed by atoms with van der Waals surface area (Å²) >= 11 is 1.46. The molecule has 0 radical (unpaired) electrons. The lowest BCUT2D eigenvalue weighted by Gasteiger charge is -2.14. The maximum atomic E-state index is 11.7. The zero-order valence-electron chi connectivity index (χ0n) is 8.93. The third-order valence-corrected chi connectivity index (χ3v) is 2.51. The number of thiazole rings is 1. The van der Waals surface area contributed by atoms with E-state index >= 15 is 0 Å². The maximum absolute atomic E-state index is 11.7. The second-order valence-corrected chi connectivity index (χ2v) is 3.82. The molecule has 1 heterocycles. The first-order chi connectivity index (χ1) is 7.27. The van der Waals surface area contributed by atoms with Gasteiger partial charge in [0.2, 0.25) is 6.29 Å². The van der Waals surface area contributed by atoms with E-state index in [9.17, 15) is 4.79 Å². The molecule has 5 heteroatoms. The molecule has 1 rings (SSSR count). The van der Waals surface area contributed by atoms with E-state index in [0.29, 0.717) is 19.6 Å². The normalized spacial score (nSPS) is 10.9. The van der Waals surface area contributed by atoms with Gasteiger partial charge in [0, 0.05) is 30.7 Å². The lowest BCUT2D eigenvalue weighted by atomic mass is 10.2. The van der Waals surface area contributed by atoms with Gasteiger partial charge in [0.05, 0.1) is 5.51 Å². The zero-order valence-corrected chi connectivity index (χ0v) is 9.75. The summed E-state index contributed by atoms with van der Waals surface area (Å²) in [5.41, 5.74) is 1.71. The molecule has 0 amide bonds. The fourth-order valence-electron chi connectivity index (χ4n) is 1.12. The Morgan fingerprint density at radius 3 is 2.60 bits per heavy atom.